The molecule has 2 aliphatic carbocycles. The molecule has 2 fully saturated rings. The van der Waals surface area contributed by atoms with E-state index in [1.54, 1.807) is 13.1 Å². The minimum atomic E-state index is -0.857. The van der Waals surface area contributed by atoms with Crippen LogP contribution < -0.4 is 5.32 Å². The Kier molecular flexibility index (Phi) is 4.71. The van der Waals surface area contributed by atoms with E-state index in [0.717, 1.165) is 61.1 Å². The predicted molar refractivity (Wildman–Crippen MR) is 103 cm³/mol. The smallest absolute Gasteiger partial charge is 0.249 e. The molecule has 2 heterocycles. The van der Waals surface area contributed by atoms with Crippen LogP contribution >= 0.6 is 0 Å². The monoisotopic (exact) mass is 384 g/mol. The van der Waals surface area contributed by atoms with E-state index in [4.69, 9.17) is 0 Å². The Morgan fingerprint density at radius 2 is 1.86 bits per heavy atom. The molecule has 7 heteroatoms. The molecule has 4 rings (SSSR count). The van der Waals surface area contributed by atoms with Gasteiger partial charge in [-0.25, -0.2) is 9.97 Å². The minimum absolute atomic E-state index is 0.203. The fourth-order valence-corrected chi connectivity index (χ4v) is 4.83. The largest absolute Gasteiger partial charge is 0.293 e. The summed E-state index contributed by atoms with van der Waals surface area (Å²) in [5, 5.41) is 2.70. The Bertz CT molecular complexity index is 811. The normalized spacial score (nSPS) is 27.2. The maximum absolute atomic E-state index is 12.7. The highest BCUT2D eigenvalue weighted by atomic mass is 16.2. The van der Waals surface area contributed by atoms with Crippen molar-refractivity contribution >= 4 is 23.7 Å². The summed E-state index contributed by atoms with van der Waals surface area (Å²) in [5.41, 5.74) is 2.33. The van der Waals surface area contributed by atoms with E-state index in [2.05, 4.69) is 29.1 Å². The van der Waals surface area contributed by atoms with Crippen LogP contribution in [0.4, 0.5) is 5.95 Å². The summed E-state index contributed by atoms with van der Waals surface area (Å²) in [4.78, 5) is 48.1. The summed E-state index contributed by atoms with van der Waals surface area (Å²) in [5.74, 6) is -1.08. The number of hydrogen-bond acceptors (Lipinski definition) is 5. The van der Waals surface area contributed by atoms with Crippen LogP contribution in [0.1, 0.15) is 64.1 Å². The van der Waals surface area contributed by atoms with E-state index in [1.165, 1.54) is 0 Å². The van der Waals surface area contributed by atoms with Gasteiger partial charge < -0.3 is 0 Å². The molecule has 0 unspecified atom stereocenters. The number of nitrogens with zero attached hydrogens (tertiary/aromatic N) is 3. The highest BCUT2D eigenvalue weighted by Crippen LogP contribution is 2.39. The number of carbonyl (C=O) groups excluding carboxylic acids is 3. The lowest BCUT2D eigenvalue weighted by Gasteiger charge is -2.30. The molecule has 1 aliphatic heterocycles. The Balaban J connectivity index is 1.47. The number of rotatable bonds is 3. The summed E-state index contributed by atoms with van der Waals surface area (Å²) < 4.78 is 0. The summed E-state index contributed by atoms with van der Waals surface area (Å²) in [6.07, 6.45) is 8.02. The SMILES string of the molecule is C[C@H](C(=O)Nc1ncc2c(n1)CCC(C)(C)C2)N1C(=O)[C@H]2CCCC[C@H]2C1=O. The van der Waals surface area contributed by atoms with Crippen molar-refractivity contribution in [2.75, 3.05) is 5.32 Å². The number of imide groups is 1. The van der Waals surface area contributed by atoms with Crippen LogP contribution in [0, 0.1) is 17.3 Å². The van der Waals surface area contributed by atoms with Crippen LogP contribution in [0.5, 0.6) is 0 Å². The molecule has 150 valence electrons. The highest BCUT2D eigenvalue weighted by molar-refractivity contribution is 6.09. The van der Waals surface area contributed by atoms with Gasteiger partial charge in [0.15, 0.2) is 0 Å². The van der Waals surface area contributed by atoms with Crippen molar-refractivity contribution in [3.05, 3.63) is 17.5 Å². The molecule has 3 aliphatic rings. The zero-order valence-corrected chi connectivity index (χ0v) is 16.8. The van der Waals surface area contributed by atoms with E-state index >= 15 is 0 Å². The van der Waals surface area contributed by atoms with E-state index in [1.807, 2.05) is 0 Å². The lowest BCUT2D eigenvalue weighted by Crippen LogP contribution is -2.46. The zero-order chi connectivity index (χ0) is 20.1. The molecule has 3 atom stereocenters. The third kappa shape index (κ3) is 3.31. The predicted octanol–water partition coefficient (Wildman–Crippen LogP) is 2.49. The molecular formula is C21H28N4O3. The van der Waals surface area contributed by atoms with Crippen LogP contribution in [0.3, 0.4) is 0 Å². The number of aromatic nitrogens is 2. The van der Waals surface area contributed by atoms with Crippen molar-refractivity contribution in [3.8, 4) is 0 Å². The molecule has 7 nitrogen and oxygen atoms in total. The number of likely N-dealkylation sites (tertiary alicyclic amines) is 1. The molecule has 0 aromatic carbocycles. The fourth-order valence-electron chi connectivity index (χ4n) is 4.83. The molecule has 28 heavy (non-hydrogen) atoms. The number of hydrogen-bond donors (Lipinski definition) is 1. The standard InChI is InChI=1S/C21H28N4O3/c1-12(25-18(27)14-6-4-5-7-15(14)19(25)28)17(26)24-20-22-11-13-10-21(2,3)9-8-16(13)23-20/h11-12,14-15H,4-10H2,1-3H3,(H,22,23,24,26)/t12-,14-,15+/m1/s1. The first-order valence-electron chi connectivity index (χ1n) is 10.3. The van der Waals surface area contributed by atoms with Crippen molar-refractivity contribution in [3.63, 3.8) is 0 Å². The van der Waals surface area contributed by atoms with Crippen molar-refractivity contribution in [2.45, 2.75) is 71.8 Å². The van der Waals surface area contributed by atoms with Crippen LogP contribution in [0.2, 0.25) is 0 Å². The first kappa shape index (κ1) is 19.0. The van der Waals surface area contributed by atoms with E-state index in [-0.39, 0.29) is 35.0 Å². The first-order valence-corrected chi connectivity index (χ1v) is 10.3. The van der Waals surface area contributed by atoms with Crippen LogP contribution in [0.15, 0.2) is 6.20 Å². The second-order valence-corrected chi connectivity index (χ2v) is 9.22. The van der Waals surface area contributed by atoms with Gasteiger partial charge in [-0.3, -0.25) is 24.6 Å². The lowest BCUT2D eigenvalue weighted by atomic mass is 9.76. The van der Waals surface area contributed by atoms with Crippen molar-refractivity contribution in [1.82, 2.24) is 14.9 Å². The van der Waals surface area contributed by atoms with Gasteiger partial charge in [-0.05, 0) is 50.0 Å². The van der Waals surface area contributed by atoms with Crippen molar-refractivity contribution in [1.29, 1.82) is 0 Å². The molecule has 1 N–H and O–H groups in total. The average Bonchev–Trinajstić information content (AvgIpc) is 2.92. The third-order valence-electron chi connectivity index (χ3n) is 6.54. The van der Waals surface area contributed by atoms with Gasteiger partial charge in [0.1, 0.15) is 6.04 Å². The molecule has 0 radical (unpaired) electrons. The average molecular weight is 384 g/mol. The Labute approximate surface area is 165 Å². The van der Waals surface area contributed by atoms with Gasteiger partial charge in [0, 0.05) is 11.9 Å². The van der Waals surface area contributed by atoms with Crippen LogP contribution in [-0.2, 0) is 27.2 Å². The fraction of sp³-hybridized carbons (Fsp3) is 0.667. The van der Waals surface area contributed by atoms with E-state index in [9.17, 15) is 14.4 Å². The van der Waals surface area contributed by atoms with Gasteiger partial charge in [0.25, 0.3) is 0 Å². The van der Waals surface area contributed by atoms with Gasteiger partial charge in [-0.1, -0.05) is 26.7 Å². The molecule has 0 bridgehead atoms. The number of aryl methyl sites for hydroxylation is 1. The van der Waals surface area contributed by atoms with Gasteiger partial charge in [-0.2, -0.15) is 0 Å². The first-order chi connectivity index (χ1) is 13.3. The summed E-state index contributed by atoms with van der Waals surface area (Å²) in [6.45, 7) is 6.06. The van der Waals surface area contributed by atoms with Crippen LogP contribution in [-0.4, -0.2) is 38.6 Å². The Morgan fingerprint density at radius 1 is 1.21 bits per heavy atom. The molecule has 1 saturated heterocycles. The third-order valence-corrected chi connectivity index (χ3v) is 6.54. The Morgan fingerprint density at radius 3 is 2.50 bits per heavy atom. The zero-order valence-electron chi connectivity index (χ0n) is 16.8. The second kappa shape index (κ2) is 6.94. The minimum Gasteiger partial charge on any atom is -0.293 e. The number of amides is 3. The topological polar surface area (TPSA) is 92.3 Å². The number of nitrogens with one attached hydrogen (secondary N) is 1. The highest BCUT2D eigenvalue weighted by Gasteiger charge is 2.50. The second-order valence-electron chi connectivity index (χ2n) is 9.22. The maximum Gasteiger partial charge on any atom is 0.249 e. The summed E-state index contributed by atoms with van der Waals surface area (Å²) in [6, 6.07) is -0.857. The number of anilines is 1. The molecule has 3 amide bonds. The molecule has 1 aromatic rings. The van der Waals surface area contributed by atoms with E-state index < -0.39 is 11.9 Å². The van der Waals surface area contributed by atoms with Gasteiger partial charge >= 0.3 is 0 Å². The quantitative estimate of drug-likeness (QED) is 0.809. The Hall–Kier alpha value is -2.31. The number of fused-ring (bicyclic) bond motifs is 2. The van der Waals surface area contributed by atoms with Crippen molar-refractivity contribution < 1.29 is 14.4 Å². The van der Waals surface area contributed by atoms with Crippen LogP contribution in [0.25, 0.3) is 0 Å². The lowest BCUT2D eigenvalue weighted by molar-refractivity contribution is -0.146. The molecule has 1 saturated carbocycles. The van der Waals surface area contributed by atoms with Gasteiger partial charge in [-0.15, -0.1) is 0 Å². The maximum atomic E-state index is 12.7. The molecular weight excluding hydrogens is 356 g/mol. The van der Waals surface area contributed by atoms with Gasteiger partial charge in [0.05, 0.1) is 11.8 Å². The summed E-state index contributed by atoms with van der Waals surface area (Å²) in [7, 11) is 0. The van der Waals surface area contributed by atoms with Crippen molar-refractivity contribution in [2.24, 2.45) is 17.3 Å². The van der Waals surface area contributed by atoms with E-state index in [0.29, 0.717) is 0 Å². The molecule has 0 spiro atoms. The van der Waals surface area contributed by atoms with Gasteiger partial charge in [0.2, 0.25) is 23.7 Å². The molecule has 1 aromatic heterocycles. The number of carbonyl (C=O) groups is 3. The summed E-state index contributed by atoms with van der Waals surface area (Å²) >= 11 is 0.